The number of rotatable bonds is 5. The van der Waals surface area contributed by atoms with Crippen molar-refractivity contribution in [3.05, 3.63) is 51.7 Å². The van der Waals surface area contributed by atoms with Gasteiger partial charge in [0.2, 0.25) is 5.89 Å². The first-order valence-corrected chi connectivity index (χ1v) is 7.46. The van der Waals surface area contributed by atoms with Crippen molar-refractivity contribution in [2.24, 2.45) is 0 Å². The maximum absolute atomic E-state index is 11.1. The van der Waals surface area contributed by atoms with Gasteiger partial charge in [0.15, 0.2) is 5.82 Å². The van der Waals surface area contributed by atoms with E-state index in [1.807, 2.05) is 39.6 Å². The first kappa shape index (κ1) is 17.1. The molecule has 2 rings (SSSR count). The average Bonchev–Trinajstić information content (AvgIpc) is 2.96. The second kappa shape index (κ2) is 6.45. The van der Waals surface area contributed by atoms with Crippen molar-refractivity contribution in [2.45, 2.75) is 45.7 Å². The number of benzene rings is 1. The van der Waals surface area contributed by atoms with Crippen LogP contribution < -0.4 is 0 Å². The Morgan fingerprint density at radius 3 is 2.57 bits per heavy atom. The molecule has 0 fully saturated rings. The van der Waals surface area contributed by atoms with E-state index in [1.54, 1.807) is 18.2 Å². The standard InChI is InChI=1S/C16H22N4O3/c1-11(14-17-15(18-23-14)16(2,3)4)19(5)10-12-8-6-7-9-13(12)20(21)22/h6-9,11H,10H2,1-5H3/t11-/m0/s1. The summed E-state index contributed by atoms with van der Waals surface area (Å²) in [7, 11) is 1.88. The predicted molar refractivity (Wildman–Crippen MR) is 86.0 cm³/mol. The van der Waals surface area contributed by atoms with E-state index in [9.17, 15) is 10.1 Å². The lowest BCUT2D eigenvalue weighted by atomic mass is 9.96. The van der Waals surface area contributed by atoms with Crippen molar-refractivity contribution in [1.82, 2.24) is 15.0 Å². The molecule has 7 nitrogen and oxygen atoms in total. The molecule has 1 atom stereocenters. The fraction of sp³-hybridized carbons (Fsp3) is 0.500. The van der Waals surface area contributed by atoms with Gasteiger partial charge in [-0.05, 0) is 14.0 Å². The predicted octanol–water partition coefficient (Wildman–Crippen LogP) is 3.47. The molecule has 124 valence electrons. The average molecular weight is 318 g/mol. The molecule has 0 bridgehead atoms. The van der Waals surface area contributed by atoms with Crippen LogP contribution in [0.3, 0.4) is 0 Å². The lowest BCUT2D eigenvalue weighted by Crippen LogP contribution is -2.23. The molecule has 23 heavy (non-hydrogen) atoms. The molecule has 0 unspecified atom stereocenters. The van der Waals surface area contributed by atoms with Gasteiger partial charge < -0.3 is 4.52 Å². The lowest BCUT2D eigenvalue weighted by Gasteiger charge is -2.21. The van der Waals surface area contributed by atoms with Crippen LogP contribution in [0.1, 0.15) is 51.0 Å². The van der Waals surface area contributed by atoms with E-state index in [4.69, 9.17) is 4.52 Å². The second-order valence-corrected chi connectivity index (χ2v) is 6.68. The van der Waals surface area contributed by atoms with Crippen LogP contribution in [0.25, 0.3) is 0 Å². The molecular formula is C16H22N4O3. The molecule has 1 aromatic carbocycles. The summed E-state index contributed by atoms with van der Waals surface area (Å²) in [6, 6.07) is 6.59. The minimum atomic E-state index is -0.363. The van der Waals surface area contributed by atoms with Gasteiger partial charge in [0.1, 0.15) is 0 Å². The highest BCUT2D eigenvalue weighted by molar-refractivity contribution is 5.39. The summed E-state index contributed by atoms with van der Waals surface area (Å²) in [6.45, 7) is 8.41. The topological polar surface area (TPSA) is 85.3 Å². The number of aromatic nitrogens is 2. The van der Waals surface area contributed by atoms with Gasteiger partial charge in [0.25, 0.3) is 5.69 Å². The Morgan fingerprint density at radius 1 is 1.35 bits per heavy atom. The molecule has 0 saturated heterocycles. The highest BCUT2D eigenvalue weighted by Crippen LogP contribution is 2.26. The van der Waals surface area contributed by atoms with Gasteiger partial charge in [-0.1, -0.05) is 44.1 Å². The van der Waals surface area contributed by atoms with Crippen molar-refractivity contribution in [3.8, 4) is 0 Å². The summed E-state index contributed by atoms with van der Waals surface area (Å²) in [5.41, 5.74) is 0.591. The summed E-state index contributed by atoms with van der Waals surface area (Å²) in [4.78, 5) is 17.1. The molecule has 0 amide bonds. The van der Waals surface area contributed by atoms with Crippen LogP contribution in [0.5, 0.6) is 0 Å². The van der Waals surface area contributed by atoms with Crippen molar-refractivity contribution >= 4 is 5.69 Å². The van der Waals surface area contributed by atoms with Gasteiger partial charge in [0.05, 0.1) is 11.0 Å². The highest BCUT2D eigenvalue weighted by atomic mass is 16.6. The van der Waals surface area contributed by atoms with Crippen molar-refractivity contribution in [1.29, 1.82) is 0 Å². The largest absolute Gasteiger partial charge is 0.338 e. The first-order valence-electron chi connectivity index (χ1n) is 7.46. The smallest absolute Gasteiger partial charge is 0.273 e. The Labute approximate surface area is 135 Å². The third-order valence-electron chi connectivity index (χ3n) is 3.74. The number of hydrogen-bond donors (Lipinski definition) is 0. The summed E-state index contributed by atoms with van der Waals surface area (Å²) >= 11 is 0. The number of nitro benzene ring substituents is 1. The molecule has 1 aromatic heterocycles. The molecule has 1 heterocycles. The van der Waals surface area contributed by atoms with Gasteiger partial charge in [-0.15, -0.1) is 0 Å². The molecule has 2 aromatic rings. The molecule has 0 saturated carbocycles. The van der Waals surface area contributed by atoms with Crippen molar-refractivity contribution in [2.75, 3.05) is 7.05 Å². The molecule has 0 aliphatic carbocycles. The molecule has 0 N–H and O–H groups in total. The molecular weight excluding hydrogens is 296 g/mol. The van der Waals surface area contributed by atoms with E-state index < -0.39 is 0 Å². The van der Waals surface area contributed by atoms with Gasteiger partial charge in [-0.2, -0.15) is 4.98 Å². The zero-order valence-electron chi connectivity index (χ0n) is 14.1. The van der Waals surface area contributed by atoms with Gasteiger partial charge in [-0.25, -0.2) is 0 Å². The second-order valence-electron chi connectivity index (χ2n) is 6.68. The Hall–Kier alpha value is -2.28. The molecule has 0 aliphatic rings. The van der Waals surface area contributed by atoms with E-state index in [1.165, 1.54) is 6.07 Å². The zero-order chi connectivity index (χ0) is 17.2. The van der Waals surface area contributed by atoms with Gasteiger partial charge in [0, 0.05) is 23.6 Å². The quantitative estimate of drug-likeness (QED) is 0.620. The van der Waals surface area contributed by atoms with Gasteiger partial charge in [-0.3, -0.25) is 15.0 Å². The molecule has 7 heteroatoms. The highest BCUT2D eigenvalue weighted by Gasteiger charge is 2.25. The van der Waals surface area contributed by atoms with Crippen LogP contribution in [-0.2, 0) is 12.0 Å². The van der Waals surface area contributed by atoms with Crippen molar-refractivity contribution in [3.63, 3.8) is 0 Å². The summed E-state index contributed by atoms with van der Waals surface area (Å²) in [5.74, 6) is 1.16. The van der Waals surface area contributed by atoms with Crippen LogP contribution in [0, 0.1) is 10.1 Å². The minimum absolute atomic E-state index is 0.118. The molecule has 0 radical (unpaired) electrons. The summed E-state index contributed by atoms with van der Waals surface area (Å²) in [6.07, 6.45) is 0. The molecule has 0 aliphatic heterocycles. The zero-order valence-corrected chi connectivity index (χ0v) is 14.1. The summed E-state index contributed by atoms with van der Waals surface area (Å²) < 4.78 is 5.35. The van der Waals surface area contributed by atoms with Crippen LogP contribution in [0.15, 0.2) is 28.8 Å². The lowest BCUT2D eigenvalue weighted by molar-refractivity contribution is -0.385. The Bertz CT molecular complexity index is 691. The van der Waals surface area contributed by atoms with Crippen LogP contribution >= 0.6 is 0 Å². The minimum Gasteiger partial charge on any atom is -0.338 e. The maximum Gasteiger partial charge on any atom is 0.273 e. The Balaban J connectivity index is 2.16. The third kappa shape index (κ3) is 3.92. The SMILES string of the molecule is C[C@@H](c1nc(C(C)(C)C)no1)N(C)Cc1ccccc1[N+](=O)[O-]. The van der Waals surface area contributed by atoms with E-state index >= 15 is 0 Å². The maximum atomic E-state index is 11.1. The van der Waals surface area contributed by atoms with E-state index in [2.05, 4.69) is 10.1 Å². The van der Waals surface area contributed by atoms with Crippen LogP contribution in [0.2, 0.25) is 0 Å². The summed E-state index contributed by atoms with van der Waals surface area (Å²) in [5, 5.41) is 15.1. The van der Waals surface area contributed by atoms with E-state index in [-0.39, 0.29) is 22.1 Å². The molecule has 0 spiro atoms. The third-order valence-corrected chi connectivity index (χ3v) is 3.74. The number of nitro groups is 1. The van der Waals surface area contributed by atoms with Crippen molar-refractivity contribution < 1.29 is 9.45 Å². The monoisotopic (exact) mass is 318 g/mol. The fourth-order valence-electron chi connectivity index (χ4n) is 2.13. The van der Waals surface area contributed by atoms with Crippen LogP contribution in [-0.4, -0.2) is 27.0 Å². The Kier molecular flexibility index (Phi) is 4.79. The van der Waals surface area contributed by atoms with Crippen LogP contribution in [0.4, 0.5) is 5.69 Å². The van der Waals surface area contributed by atoms with Gasteiger partial charge >= 0.3 is 0 Å². The first-order chi connectivity index (χ1) is 10.7. The number of hydrogen-bond acceptors (Lipinski definition) is 6. The van der Waals surface area contributed by atoms with E-state index in [0.29, 0.717) is 23.8 Å². The normalized spacial score (nSPS) is 13.3. The van der Waals surface area contributed by atoms with E-state index in [0.717, 1.165) is 0 Å². The number of nitrogens with zero attached hydrogens (tertiary/aromatic N) is 4. The number of para-hydroxylation sites is 1. The fourth-order valence-corrected chi connectivity index (χ4v) is 2.13. The Morgan fingerprint density at radius 2 is 2.00 bits per heavy atom.